The predicted octanol–water partition coefficient (Wildman–Crippen LogP) is 5.80. The summed E-state index contributed by atoms with van der Waals surface area (Å²) in [5.41, 5.74) is 5.61. The van der Waals surface area contributed by atoms with E-state index in [1.165, 1.54) is 37.7 Å². The van der Waals surface area contributed by atoms with E-state index in [9.17, 15) is 0 Å². The maximum Gasteiger partial charge on any atom is 0.189 e. The number of hydrogen-bond donors (Lipinski definition) is 3. The van der Waals surface area contributed by atoms with Gasteiger partial charge in [0.1, 0.15) is 5.82 Å². The Kier molecular flexibility index (Phi) is 5.15. The van der Waals surface area contributed by atoms with E-state index in [0.717, 1.165) is 56.4 Å². The van der Waals surface area contributed by atoms with Gasteiger partial charge in [0.05, 0.1) is 16.4 Å². The number of hydrogen-bond acceptors (Lipinski definition) is 6. The average Bonchev–Trinajstić information content (AvgIpc) is 3.51. The molecule has 0 amide bonds. The van der Waals surface area contributed by atoms with Crippen molar-refractivity contribution in [2.45, 2.75) is 51.6 Å². The highest BCUT2D eigenvalue weighted by Crippen LogP contribution is 2.42. The Balaban J connectivity index is 1.15. The fraction of sp³-hybridized carbons (Fsp3) is 0.400. The van der Waals surface area contributed by atoms with Crippen LogP contribution in [0.4, 0.5) is 10.9 Å². The van der Waals surface area contributed by atoms with Crippen LogP contribution in [0.5, 0.6) is 0 Å². The lowest BCUT2D eigenvalue weighted by Gasteiger charge is -2.29. The number of nitrogens with zero attached hydrogens (tertiary/aromatic N) is 3. The number of rotatable bonds is 6. The van der Waals surface area contributed by atoms with Crippen molar-refractivity contribution in [2.24, 2.45) is 11.8 Å². The molecule has 7 heteroatoms. The summed E-state index contributed by atoms with van der Waals surface area (Å²) >= 11 is 1.65. The number of nitrogens with one attached hydrogen (secondary N) is 3. The zero-order chi connectivity index (χ0) is 21.5. The fourth-order valence-corrected chi connectivity index (χ4v) is 6.37. The van der Waals surface area contributed by atoms with Crippen LogP contribution in [0.15, 0.2) is 42.7 Å². The van der Waals surface area contributed by atoms with E-state index < -0.39 is 0 Å². The van der Waals surface area contributed by atoms with Gasteiger partial charge in [-0.05, 0) is 79.8 Å². The van der Waals surface area contributed by atoms with E-state index in [1.54, 1.807) is 11.3 Å². The SMILES string of the molecule is Cc1[nH]ncc1-c1ccc2nc(Nc3cc(CNC4CCC5CC[C@@H]4C5)ccn3)sc2c1. The van der Waals surface area contributed by atoms with Gasteiger partial charge in [0.15, 0.2) is 5.13 Å². The first-order valence-electron chi connectivity index (χ1n) is 11.6. The van der Waals surface area contributed by atoms with Crippen molar-refractivity contribution < 1.29 is 0 Å². The van der Waals surface area contributed by atoms with Crippen LogP contribution in [-0.4, -0.2) is 26.2 Å². The number of anilines is 2. The number of H-pyrrole nitrogens is 1. The van der Waals surface area contributed by atoms with Crippen LogP contribution < -0.4 is 10.6 Å². The second kappa shape index (κ2) is 8.30. The standard InChI is InChI=1S/C25H28N6S/c1-15-20(14-28-31-15)18-5-7-22-23(12-18)32-25(29-22)30-24-11-17(8-9-26-24)13-27-21-6-3-16-2-4-19(21)10-16/h5,7-9,11-12,14,16,19,21,27H,2-4,6,10,13H2,1H3,(H,28,31)(H,26,29,30)/t16?,19-,21?/m1/s1. The molecule has 0 saturated heterocycles. The Morgan fingerprint density at radius 3 is 2.97 bits per heavy atom. The van der Waals surface area contributed by atoms with Crippen LogP contribution in [0.3, 0.4) is 0 Å². The van der Waals surface area contributed by atoms with E-state index in [-0.39, 0.29) is 0 Å². The van der Waals surface area contributed by atoms with Gasteiger partial charge in [0, 0.05) is 30.0 Å². The lowest BCUT2D eigenvalue weighted by molar-refractivity contribution is 0.268. The van der Waals surface area contributed by atoms with E-state index in [1.807, 2.05) is 19.3 Å². The van der Waals surface area contributed by atoms with Crippen molar-refractivity contribution in [3.05, 3.63) is 54.0 Å². The highest BCUT2D eigenvalue weighted by molar-refractivity contribution is 7.22. The van der Waals surface area contributed by atoms with E-state index in [2.05, 4.69) is 56.1 Å². The Morgan fingerprint density at radius 2 is 2.06 bits per heavy atom. The summed E-state index contributed by atoms with van der Waals surface area (Å²) in [6.45, 7) is 2.94. The highest BCUT2D eigenvalue weighted by Gasteiger charge is 2.35. The monoisotopic (exact) mass is 444 g/mol. The molecule has 6 rings (SSSR count). The van der Waals surface area contributed by atoms with E-state index in [4.69, 9.17) is 4.98 Å². The average molecular weight is 445 g/mol. The second-order valence-electron chi connectivity index (χ2n) is 9.29. The molecule has 0 spiro atoms. The number of fused-ring (bicyclic) bond motifs is 3. The first-order valence-corrected chi connectivity index (χ1v) is 12.4. The van der Waals surface area contributed by atoms with Crippen molar-refractivity contribution >= 4 is 32.5 Å². The Bertz CT molecular complexity index is 1240. The van der Waals surface area contributed by atoms with Crippen LogP contribution in [0, 0.1) is 18.8 Å². The predicted molar refractivity (Wildman–Crippen MR) is 130 cm³/mol. The van der Waals surface area contributed by atoms with Crippen molar-refractivity contribution in [1.29, 1.82) is 0 Å². The summed E-state index contributed by atoms with van der Waals surface area (Å²) in [6.07, 6.45) is 10.8. The quantitative estimate of drug-likeness (QED) is 0.350. The second-order valence-corrected chi connectivity index (χ2v) is 10.3. The van der Waals surface area contributed by atoms with Crippen molar-refractivity contribution in [2.75, 3.05) is 5.32 Å². The summed E-state index contributed by atoms with van der Waals surface area (Å²) in [6, 6.07) is 11.3. The molecule has 3 aromatic heterocycles. The van der Waals surface area contributed by atoms with Gasteiger partial charge in [-0.25, -0.2) is 9.97 Å². The van der Waals surface area contributed by atoms with E-state index >= 15 is 0 Å². The molecule has 2 saturated carbocycles. The molecule has 164 valence electrons. The largest absolute Gasteiger partial charge is 0.316 e. The number of benzene rings is 1. The molecule has 2 bridgehead atoms. The normalized spacial score (nSPS) is 22.5. The third kappa shape index (κ3) is 3.91. The molecular weight excluding hydrogens is 416 g/mol. The first kappa shape index (κ1) is 19.9. The van der Waals surface area contributed by atoms with Gasteiger partial charge in [0.25, 0.3) is 0 Å². The molecule has 32 heavy (non-hydrogen) atoms. The molecule has 3 atom stereocenters. The topological polar surface area (TPSA) is 78.5 Å². The van der Waals surface area contributed by atoms with Gasteiger partial charge in [-0.15, -0.1) is 0 Å². The summed E-state index contributed by atoms with van der Waals surface area (Å²) in [5.74, 6) is 2.73. The Morgan fingerprint density at radius 1 is 1.12 bits per heavy atom. The summed E-state index contributed by atoms with van der Waals surface area (Å²) in [5, 5.41) is 15.3. The third-order valence-electron chi connectivity index (χ3n) is 7.19. The smallest absolute Gasteiger partial charge is 0.189 e. The number of aromatic amines is 1. The van der Waals surface area contributed by atoms with Gasteiger partial charge in [0.2, 0.25) is 0 Å². The maximum atomic E-state index is 4.76. The Hall–Kier alpha value is -2.77. The van der Waals surface area contributed by atoms with Crippen molar-refractivity contribution in [3.63, 3.8) is 0 Å². The zero-order valence-corrected chi connectivity index (χ0v) is 19.1. The fourth-order valence-electron chi connectivity index (χ4n) is 5.46. The number of thiazole rings is 1. The lowest BCUT2D eigenvalue weighted by atomic mass is 9.85. The zero-order valence-electron chi connectivity index (χ0n) is 18.3. The molecule has 6 nitrogen and oxygen atoms in total. The van der Waals surface area contributed by atoms with Gasteiger partial charge >= 0.3 is 0 Å². The maximum absolute atomic E-state index is 4.76. The van der Waals surface area contributed by atoms with E-state index in [0.29, 0.717) is 6.04 Å². The van der Waals surface area contributed by atoms with Crippen LogP contribution in [0.1, 0.15) is 43.4 Å². The van der Waals surface area contributed by atoms with Gasteiger partial charge in [-0.3, -0.25) is 5.10 Å². The molecular formula is C25H28N6S. The van der Waals surface area contributed by atoms with Gasteiger partial charge < -0.3 is 10.6 Å². The summed E-state index contributed by atoms with van der Waals surface area (Å²) in [4.78, 5) is 9.28. The molecule has 2 unspecified atom stereocenters. The molecule has 2 aliphatic rings. The number of pyridine rings is 1. The molecule has 1 aromatic carbocycles. The van der Waals surface area contributed by atoms with Gasteiger partial charge in [-0.2, -0.15) is 5.10 Å². The molecule has 4 aromatic rings. The van der Waals surface area contributed by atoms with Crippen LogP contribution in [0.2, 0.25) is 0 Å². The van der Waals surface area contributed by atoms with Crippen LogP contribution in [0.25, 0.3) is 21.3 Å². The summed E-state index contributed by atoms with van der Waals surface area (Å²) < 4.78 is 1.15. The number of aromatic nitrogens is 4. The minimum absolute atomic E-state index is 0.677. The number of aryl methyl sites for hydroxylation is 1. The molecule has 2 fully saturated rings. The molecule has 0 aliphatic heterocycles. The summed E-state index contributed by atoms with van der Waals surface area (Å²) in [7, 11) is 0. The molecule has 2 aliphatic carbocycles. The molecule has 0 radical (unpaired) electrons. The Labute approximate surface area is 191 Å². The van der Waals surface area contributed by atoms with Crippen LogP contribution >= 0.6 is 11.3 Å². The first-order chi connectivity index (χ1) is 15.7. The van der Waals surface area contributed by atoms with Crippen molar-refractivity contribution in [3.8, 4) is 11.1 Å². The minimum Gasteiger partial charge on any atom is -0.316 e. The molecule has 3 N–H and O–H groups in total. The van der Waals surface area contributed by atoms with Crippen molar-refractivity contribution in [1.82, 2.24) is 25.5 Å². The van der Waals surface area contributed by atoms with Crippen LogP contribution in [-0.2, 0) is 6.54 Å². The van der Waals surface area contributed by atoms with Gasteiger partial charge in [-0.1, -0.05) is 23.8 Å². The molecule has 3 heterocycles. The third-order valence-corrected chi connectivity index (χ3v) is 8.13. The minimum atomic E-state index is 0.677. The highest BCUT2D eigenvalue weighted by atomic mass is 32.1. The lowest BCUT2D eigenvalue weighted by Crippen LogP contribution is -2.37.